The molecule has 6 heteroatoms. The monoisotopic (exact) mass is 476 g/mol. The van der Waals surface area contributed by atoms with Crippen LogP contribution in [0.1, 0.15) is 36.1 Å². The van der Waals surface area contributed by atoms with Crippen LogP contribution in [0.15, 0.2) is 78.4 Å². The van der Waals surface area contributed by atoms with Gasteiger partial charge < -0.3 is 20.9 Å². The van der Waals surface area contributed by atoms with Crippen LogP contribution in [-0.4, -0.2) is 11.0 Å². The lowest BCUT2D eigenvalue weighted by atomic mass is 9.98. The van der Waals surface area contributed by atoms with Crippen molar-refractivity contribution < 1.29 is 14.6 Å². The van der Waals surface area contributed by atoms with E-state index in [-0.39, 0.29) is 12.5 Å². The number of rotatable bonds is 9. The number of nitrogens with one attached hydrogen (secondary N) is 1. The van der Waals surface area contributed by atoms with Gasteiger partial charge in [-0.3, -0.25) is 4.79 Å². The molecule has 3 aromatic rings. The highest BCUT2D eigenvalue weighted by Gasteiger charge is 2.14. The second-order valence-corrected chi connectivity index (χ2v) is 8.53. The Kier molecular flexibility index (Phi) is 8.91. The molecule has 0 spiro atoms. The lowest BCUT2D eigenvalue weighted by molar-refractivity contribution is -0.111. The Morgan fingerprint density at radius 1 is 1.09 bits per heavy atom. The van der Waals surface area contributed by atoms with Crippen LogP contribution in [0.2, 0.25) is 5.02 Å². The smallest absolute Gasteiger partial charge is 0.248 e. The van der Waals surface area contributed by atoms with Crippen molar-refractivity contribution in [1.82, 2.24) is 0 Å². The minimum atomic E-state index is -0.307. The zero-order valence-electron chi connectivity index (χ0n) is 19.3. The van der Waals surface area contributed by atoms with Crippen LogP contribution in [0.25, 0.3) is 6.08 Å². The fourth-order valence-electron chi connectivity index (χ4n) is 3.35. The third-order valence-corrected chi connectivity index (χ3v) is 5.45. The molecule has 0 aliphatic heterocycles. The summed E-state index contributed by atoms with van der Waals surface area (Å²) in [6, 6.07) is 18.2. The maximum absolute atomic E-state index is 12.5. The van der Waals surface area contributed by atoms with E-state index in [9.17, 15) is 9.90 Å². The minimum absolute atomic E-state index is 0.110. The highest BCUT2D eigenvalue weighted by molar-refractivity contribution is 6.30. The molecular formula is C28H29ClN2O3. The number of benzene rings is 3. The van der Waals surface area contributed by atoms with Crippen molar-refractivity contribution in [2.75, 3.05) is 11.1 Å². The molecular weight excluding hydrogens is 448 g/mol. The number of ether oxygens (including phenoxy) is 1. The van der Waals surface area contributed by atoms with Crippen molar-refractivity contribution >= 4 is 35.0 Å². The van der Waals surface area contributed by atoms with Gasteiger partial charge in [0.25, 0.3) is 0 Å². The normalized spacial score (nSPS) is 10.8. The number of allylic oxidation sites excluding steroid dienone is 2. The second-order valence-electron chi connectivity index (χ2n) is 8.09. The van der Waals surface area contributed by atoms with Gasteiger partial charge in [-0.2, -0.15) is 0 Å². The fourth-order valence-corrected chi connectivity index (χ4v) is 3.48. The lowest BCUT2D eigenvalue weighted by Crippen LogP contribution is -2.09. The molecule has 0 saturated carbocycles. The zero-order valence-corrected chi connectivity index (χ0v) is 20.1. The number of carbonyl (C=O) groups is 1. The topological polar surface area (TPSA) is 84.6 Å². The van der Waals surface area contributed by atoms with Crippen LogP contribution >= 0.6 is 11.6 Å². The molecule has 3 rings (SSSR count). The van der Waals surface area contributed by atoms with E-state index in [4.69, 9.17) is 22.1 Å². The molecule has 0 saturated heterocycles. The molecule has 0 aromatic heterocycles. The van der Waals surface area contributed by atoms with E-state index in [2.05, 4.69) is 11.4 Å². The minimum Gasteiger partial charge on any atom is -0.488 e. The van der Waals surface area contributed by atoms with Gasteiger partial charge in [0, 0.05) is 22.2 Å². The van der Waals surface area contributed by atoms with Gasteiger partial charge in [-0.25, -0.2) is 0 Å². The van der Waals surface area contributed by atoms with Crippen LogP contribution < -0.4 is 15.8 Å². The van der Waals surface area contributed by atoms with E-state index in [1.807, 2.05) is 62.4 Å². The molecule has 5 nitrogen and oxygen atoms in total. The Balaban J connectivity index is 1.92. The van der Waals surface area contributed by atoms with Crippen molar-refractivity contribution in [2.45, 2.75) is 33.5 Å². The average molecular weight is 477 g/mol. The molecule has 0 aliphatic rings. The third-order valence-electron chi connectivity index (χ3n) is 5.20. The Morgan fingerprint density at radius 3 is 2.50 bits per heavy atom. The Morgan fingerprint density at radius 2 is 1.82 bits per heavy atom. The van der Waals surface area contributed by atoms with Gasteiger partial charge in [-0.15, -0.1) is 0 Å². The summed E-state index contributed by atoms with van der Waals surface area (Å²) in [5, 5.41) is 13.4. The molecule has 1 amide bonds. The lowest BCUT2D eigenvalue weighted by Gasteiger charge is -2.17. The summed E-state index contributed by atoms with van der Waals surface area (Å²) < 4.78 is 6.25. The molecule has 0 heterocycles. The van der Waals surface area contributed by atoms with Crippen molar-refractivity contribution in [2.24, 2.45) is 0 Å². The number of hydrogen-bond acceptors (Lipinski definition) is 4. The quantitative estimate of drug-likeness (QED) is 0.196. The zero-order chi connectivity index (χ0) is 24.5. The first-order valence-corrected chi connectivity index (χ1v) is 11.3. The number of aliphatic hydroxyl groups is 1. The molecule has 0 aliphatic carbocycles. The number of nitrogens with two attached hydrogens (primary N) is 1. The Labute approximate surface area is 205 Å². The molecule has 0 bridgehead atoms. The summed E-state index contributed by atoms with van der Waals surface area (Å²) in [5.74, 6) is 0.320. The second kappa shape index (κ2) is 12.1. The third kappa shape index (κ3) is 6.98. The summed E-state index contributed by atoms with van der Waals surface area (Å²) in [5.41, 5.74) is 11.5. The maximum Gasteiger partial charge on any atom is 0.248 e. The maximum atomic E-state index is 12.5. The highest BCUT2D eigenvalue weighted by atomic mass is 35.5. The molecule has 0 fully saturated rings. The summed E-state index contributed by atoms with van der Waals surface area (Å²) in [6.07, 6.45) is 5.84. The number of halogens is 1. The number of aliphatic hydroxyl groups excluding tert-OH is 1. The molecule has 3 aromatic carbocycles. The van der Waals surface area contributed by atoms with Crippen LogP contribution in [0, 0.1) is 0 Å². The van der Waals surface area contributed by atoms with Crippen LogP contribution in [0.4, 0.5) is 11.4 Å². The number of hydrogen-bond donors (Lipinski definition) is 3. The van der Waals surface area contributed by atoms with Gasteiger partial charge in [0.15, 0.2) is 0 Å². The highest BCUT2D eigenvalue weighted by Crippen LogP contribution is 2.31. The SMILES string of the molecule is CC(C)=CCc1c(CO)ccc(C=CC(=O)Nc2ccccc2N)c1OCc1ccc(Cl)cc1. The van der Waals surface area contributed by atoms with Crippen LogP contribution in [0.5, 0.6) is 5.75 Å². The number of nitrogen functional groups attached to an aromatic ring is 1. The van der Waals surface area contributed by atoms with E-state index in [0.717, 1.165) is 27.8 Å². The molecule has 0 atom stereocenters. The van der Waals surface area contributed by atoms with Gasteiger partial charge in [0.05, 0.1) is 18.0 Å². The fraction of sp³-hybridized carbons (Fsp3) is 0.179. The van der Waals surface area contributed by atoms with E-state index >= 15 is 0 Å². The van der Waals surface area contributed by atoms with Crippen molar-refractivity contribution in [1.29, 1.82) is 0 Å². The first-order valence-electron chi connectivity index (χ1n) is 11.0. The van der Waals surface area contributed by atoms with Crippen molar-refractivity contribution in [3.63, 3.8) is 0 Å². The number of carbonyl (C=O) groups excluding carboxylic acids is 1. The first kappa shape index (κ1) is 25.1. The largest absolute Gasteiger partial charge is 0.488 e. The van der Waals surface area contributed by atoms with Gasteiger partial charge in [0.1, 0.15) is 12.4 Å². The summed E-state index contributed by atoms with van der Waals surface area (Å²) in [7, 11) is 0. The van der Waals surface area contributed by atoms with Gasteiger partial charge in [0.2, 0.25) is 5.91 Å². The molecule has 34 heavy (non-hydrogen) atoms. The Bertz CT molecular complexity index is 1200. The number of para-hydroxylation sites is 2. The van der Waals surface area contributed by atoms with Crippen molar-refractivity contribution in [3.8, 4) is 5.75 Å². The Hall–Kier alpha value is -3.54. The first-order chi connectivity index (χ1) is 16.4. The standard InChI is InChI=1S/C28H29ClN2O3/c1-19(2)7-15-24-22(17-32)11-10-21(28(24)34-18-20-8-13-23(29)14-9-20)12-16-27(33)31-26-6-4-3-5-25(26)30/h3-14,16,32H,15,17-18,30H2,1-2H3,(H,31,33). The summed E-state index contributed by atoms with van der Waals surface area (Å²) >= 11 is 6.00. The molecule has 4 N–H and O–H groups in total. The van der Waals surface area contributed by atoms with Crippen molar-refractivity contribution in [3.05, 3.63) is 106 Å². The van der Waals surface area contributed by atoms with Gasteiger partial charge in [-0.1, -0.05) is 59.6 Å². The molecule has 0 radical (unpaired) electrons. The summed E-state index contributed by atoms with van der Waals surface area (Å²) in [4.78, 5) is 12.5. The van der Waals surface area contributed by atoms with Gasteiger partial charge >= 0.3 is 0 Å². The number of amides is 1. The van der Waals surface area contributed by atoms with E-state index in [1.54, 1.807) is 18.2 Å². The van der Waals surface area contributed by atoms with E-state index in [1.165, 1.54) is 6.08 Å². The number of anilines is 2. The molecule has 0 unspecified atom stereocenters. The molecule has 176 valence electrons. The summed E-state index contributed by atoms with van der Waals surface area (Å²) in [6.45, 7) is 4.26. The van der Waals surface area contributed by atoms with E-state index < -0.39 is 0 Å². The van der Waals surface area contributed by atoms with Crippen LogP contribution in [-0.2, 0) is 24.4 Å². The van der Waals surface area contributed by atoms with Crippen LogP contribution in [0.3, 0.4) is 0 Å². The van der Waals surface area contributed by atoms with Gasteiger partial charge in [-0.05, 0) is 61.7 Å². The predicted molar refractivity (Wildman–Crippen MR) is 140 cm³/mol. The predicted octanol–water partition coefficient (Wildman–Crippen LogP) is 6.15. The van der Waals surface area contributed by atoms with E-state index in [0.29, 0.717) is 35.2 Å². The average Bonchev–Trinajstić information content (AvgIpc) is 2.82.